The Morgan fingerprint density at radius 3 is 1.41 bits per heavy atom. The first-order chi connectivity index (χ1) is 36.7. The van der Waals surface area contributed by atoms with Gasteiger partial charge in [-0.05, 0) is 220 Å². The van der Waals surface area contributed by atoms with Gasteiger partial charge in [0.05, 0.1) is 0 Å². The molecule has 4 bridgehead atoms. The molecule has 0 aliphatic heterocycles. The van der Waals surface area contributed by atoms with Crippen LogP contribution in [0.1, 0.15) is 106 Å². The molecule has 9 aromatic rings. The maximum absolute atomic E-state index is 4.04. The quantitative estimate of drug-likeness (QED) is 0.107. The fourth-order valence-corrected chi connectivity index (χ4v) is 14.8. The van der Waals surface area contributed by atoms with Gasteiger partial charge in [-0.2, -0.15) is 0 Å². The molecule has 0 amide bonds. The highest BCUT2D eigenvalue weighted by Crippen LogP contribution is 2.66. The molecule has 75 heavy (non-hydrogen) atoms. The zero-order valence-electron chi connectivity index (χ0n) is 44.0. The summed E-state index contributed by atoms with van der Waals surface area (Å²) in [5.74, 6) is 1.59. The molecular weight excluding hydrogens is 905 g/mol. The Bertz CT molecular complexity index is 3480. The van der Waals surface area contributed by atoms with Crippen molar-refractivity contribution in [2.45, 2.75) is 94.8 Å². The SMILES string of the molecule is C=Cc1ccc(C23CC4CC(C2)CC(c2ccc(N(c5ccc(CCCC)cc5)c5ccc(N(c6ccc(-c7ccccc7)cc6)c6ccc(-c7ccc8c(c7)C(C)(C)c7ccccc7-8)cc6)cc5)cc2)(C4)C3)cc1. The number of rotatable bonds is 14. The Kier molecular flexibility index (Phi) is 11.9. The summed E-state index contributed by atoms with van der Waals surface area (Å²) in [6.07, 6.45) is 13.4. The van der Waals surface area contributed by atoms with Gasteiger partial charge in [-0.3, -0.25) is 0 Å². The fourth-order valence-electron chi connectivity index (χ4n) is 14.8. The summed E-state index contributed by atoms with van der Waals surface area (Å²) in [4.78, 5) is 4.86. The van der Waals surface area contributed by atoms with Gasteiger partial charge in [0.2, 0.25) is 0 Å². The van der Waals surface area contributed by atoms with Gasteiger partial charge in [0.1, 0.15) is 0 Å². The van der Waals surface area contributed by atoms with E-state index in [1.165, 1.54) is 124 Å². The zero-order valence-corrected chi connectivity index (χ0v) is 44.0. The van der Waals surface area contributed by atoms with Crippen LogP contribution in [-0.4, -0.2) is 0 Å². The van der Waals surface area contributed by atoms with E-state index in [4.69, 9.17) is 0 Å². The van der Waals surface area contributed by atoms with Crippen LogP contribution in [0.3, 0.4) is 0 Å². The Morgan fingerprint density at radius 1 is 0.453 bits per heavy atom. The Labute approximate surface area is 446 Å². The number of hydrogen-bond acceptors (Lipinski definition) is 2. The molecule has 0 N–H and O–H groups in total. The molecule has 0 radical (unpaired) electrons. The number of fused-ring (bicyclic) bond motifs is 3. The van der Waals surface area contributed by atoms with Crippen LogP contribution >= 0.6 is 0 Å². The van der Waals surface area contributed by atoms with Crippen LogP contribution in [0.2, 0.25) is 0 Å². The van der Waals surface area contributed by atoms with Crippen molar-refractivity contribution < 1.29 is 0 Å². The average Bonchev–Trinajstić information content (AvgIpc) is 3.72. The van der Waals surface area contributed by atoms with Crippen LogP contribution < -0.4 is 9.80 Å². The van der Waals surface area contributed by atoms with E-state index in [1.54, 1.807) is 5.56 Å². The Morgan fingerprint density at radius 2 is 0.880 bits per heavy atom. The minimum atomic E-state index is -0.0500. The van der Waals surface area contributed by atoms with E-state index in [2.05, 4.69) is 256 Å². The fraction of sp³-hybridized carbons (Fsp3) is 0.233. The summed E-state index contributed by atoms with van der Waals surface area (Å²) in [6.45, 7) is 11.0. The molecule has 4 fully saturated rings. The van der Waals surface area contributed by atoms with Crippen LogP contribution in [-0.2, 0) is 22.7 Å². The van der Waals surface area contributed by atoms with Crippen molar-refractivity contribution in [1.29, 1.82) is 0 Å². The standard InChI is InChI=1S/C73H68N2/c1-5-7-13-52-20-31-61(32-21-52)74(64-37-29-60(30-38-64)73-48-53-44-54(49-73)47-72(46-53,50-73)59-27-18-51(6-2)19-28-59)65-39-41-66(42-40-65)75(62-33-22-56(23-34-62)55-14-9-8-10-15-55)63-35-24-57(25-36-63)58-26-43-68-67-16-11-12-17-69(67)71(3,4)70(68)45-58/h6,8-12,14-43,45,53-54H,2,5,7,13,44,46-50H2,1,3-4H3. The van der Waals surface area contributed by atoms with E-state index >= 15 is 0 Å². The van der Waals surface area contributed by atoms with Gasteiger partial charge in [-0.15, -0.1) is 0 Å². The molecule has 2 nitrogen and oxygen atoms in total. The molecule has 2 unspecified atom stereocenters. The molecule has 9 aromatic carbocycles. The molecular formula is C73H68N2. The van der Waals surface area contributed by atoms with Crippen molar-refractivity contribution >= 4 is 40.2 Å². The second kappa shape index (κ2) is 18.9. The lowest BCUT2D eigenvalue weighted by Crippen LogP contribution is -2.55. The number of benzene rings is 9. The Balaban J connectivity index is 0.844. The van der Waals surface area contributed by atoms with E-state index in [1.807, 2.05) is 6.08 Å². The summed E-state index contributed by atoms with van der Waals surface area (Å²) < 4.78 is 0. The summed E-state index contributed by atoms with van der Waals surface area (Å²) in [6, 6.07) is 82.7. The van der Waals surface area contributed by atoms with Crippen molar-refractivity contribution in [2.24, 2.45) is 11.8 Å². The number of anilines is 6. The molecule has 370 valence electrons. The van der Waals surface area contributed by atoms with Gasteiger partial charge in [-0.25, -0.2) is 0 Å². The molecule has 0 aromatic heterocycles. The van der Waals surface area contributed by atoms with Gasteiger partial charge >= 0.3 is 0 Å². The Hall–Kier alpha value is -7.68. The lowest BCUT2D eigenvalue weighted by molar-refractivity contribution is -0.0281. The molecule has 2 atom stereocenters. The first-order valence-corrected chi connectivity index (χ1v) is 27.8. The highest BCUT2D eigenvalue weighted by atomic mass is 15.2. The topological polar surface area (TPSA) is 6.48 Å². The predicted molar refractivity (Wildman–Crippen MR) is 317 cm³/mol. The van der Waals surface area contributed by atoms with Crippen molar-refractivity contribution in [3.63, 3.8) is 0 Å². The van der Waals surface area contributed by atoms with E-state index in [0.29, 0.717) is 0 Å². The van der Waals surface area contributed by atoms with Crippen LogP contribution in [0, 0.1) is 11.8 Å². The van der Waals surface area contributed by atoms with Crippen molar-refractivity contribution in [3.05, 3.63) is 258 Å². The van der Waals surface area contributed by atoms with Gasteiger partial charge in [0, 0.05) is 39.5 Å². The molecule has 2 heteroatoms. The molecule has 5 aliphatic rings. The highest BCUT2D eigenvalue weighted by molar-refractivity contribution is 5.86. The minimum absolute atomic E-state index is 0.0500. The number of nitrogens with zero attached hydrogens (tertiary/aromatic N) is 2. The van der Waals surface area contributed by atoms with Crippen LogP contribution in [0.25, 0.3) is 39.5 Å². The third-order valence-electron chi connectivity index (χ3n) is 18.2. The first-order valence-electron chi connectivity index (χ1n) is 27.8. The predicted octanol–water partition coefficient (Wildman–Crippen LogP) is 20.0. The summed E-state index contributed by atoms with van der Waals surface area (Å²) in [5.41, 5.74) is 23.3. The van der Waals surface area contributed by atoms with Gasteiger partial charge in [0.25, 0.3) is 0 Å². The zero-order chi connectivity index (χ0) is 50.7. The molecule has 0 saturated heterocycles. The third kappa shape index (κ3) is 8.44. The highest BCUT2D eigenvalue weighted by Gasteiger charge is 2.58. The third-order valence-corrected chi connectivity index (χ3v) is 18.2. The van der Waals surface area contributed by atoms with Crippen molar-refractivity contribution in [2.75, 3.05) is 9.80 Å². The van der Waals surface area contributed by atoms with E-state index < -0.39 is 0 Å². The monoisotopic (exact) mass is 973 g/mol. The van der Waals surface area contributed by atoms with Gasteiger partial charge in [-0.1, -0.05) is 179 Å². The van der Waals surface area contributed by atoms with Crippen LogP contribution in [0.5, 0.6) is 0 Å². The van der Waals surface area contributed by atoms with Crippen molar-refractivity contribution in [3.8, 4) is 33.4 Å². The maximum Gasteiger partial charge on any atom is 0.0463 e. The normalized spacial score (nSPS) is 20.6. The molecule has 5 aliphatic carbocycles. The average molecular weight is 973 g/mol. The van der Waals surface area contributed by atoms with Gasteiger partial charge in [0.15, 0.2) is 0 Å². The molecule has 0 spiro atoms. The molecule has 14 rings (SSSR count). The van der Waals surface area contributed by atoms with Crippen LogP contribution in [0.15, 0.2) is 225 Å². The largest absolute Gasteiger partial charge is 0.311 e. The van der Waals surface area contributed by atoms with Crippen LogP contribution in [0.4, 0.5) is 34.1 Å². The molecule has 4 saturated carbocycles. The summed E-state index contributed by atoms with van der Waals surface area (Å²) in [7, 11) is 0. The number of unbranched alkanes of at least 4 members (excludes halogenated alkanes) is 1. The molecule has 0 heterocycles. The van der Waals surface area contributed by atoms with E-state index in [-0.39, 0.29) is 16.2 Å². The first kappa shape index (κ1) is 47.1. The van der Waals surface area contributed by atoms with Crippen molar-refractivity contribution in [1.82, 2.24) is 0 Å². The lowest BCUT2D eigenvalue weighted by Gasteiger charge is -2.63. The second-order valence-electron chi connectivity index (χ2n) is 23.2. The second-order valence-corrected chi connectivity index (χ2v) is 23.2. The minimum Gasteiger partial charge on any atom is -0.311 e. The number of aryl methyl sites for hydroxylation is 1. The van der Waals surface area contributed by atoms with Gasteiger partial charge < -0.3 is 9.80 Å². The van der Waals surface area contributed by atoms with E-state index in [0.717, 1.165) is 41.0 Å². The smallest absolute Gasteiger partial charge is 0.0463 e. The summed E-state index contributed by atoms with van der Waals surface area (Å²) in [5, 5.41) is 0. The maximum atomic E-state index is 4.04. The summed E-state index contributed by atoms with van der Waals surface area (Å²) >= 11 is 0. The lowest BCUT2D eigenvalue weighted by atomic mass is 9.42. The number of hydrogen-bond donors (Lipinski definition) is 0. The van der Waals surface area contributed by atoms with E-state index in [9.17, 15) is 0 Å².